The van der Waals surface area contributed by atoms with Crippen LogP contribution in [0.4, 0.5) is 0 Å². The SMILES string of the molecule is Cc1ccccc1CCOc1ccc2c(C)cc(=O)oc2c1. The third-order valence-electron chi connectivity index (χ3n) is 3.82. The summed E-state index contributed by atoms with van der Waals surface area (Å²) in [5, 5.41) is 0.936. The summed E-state index contributed by atoms with van der Waals surface area (Å²) in [6, 6.07) is 15.4. The molecule has 3 aromatic rings. The molecule has 0 unspecified atom stereocenters. The molecule has 0 fully saturated rings. The minimum absolute atomic E-state index is 0.331. The fraction of sp³-hybridized carbons (Fsp3) is 0.211. The highest BCUT2D eigenvalue weighted by atomic mass is 16.5. The van der Waals surface area contributed by atoms with Gasteiger partial charge < -0.3 is 9.15 Å². The van der Waals surface area contributed by atoms with E-state index >= 15 is 0 Å². The molecule has 0 atom stereocenters. The second-order valence-corrected chi connectivity index (χ2v) is 5.43. The molecule has 22 heavy (non-hydrogen) atoms. The summed E-state index contributed by atoms with van der Waals surface area (Å²) in [7, 11) is 0. The molecular weight excluding hydrogens is 276 g/mol. The number of hydrogen-bond acceptors (Lipinski definition) is 3. The molecule has 0 aliphatic carbocycles. The van der Waals surface area contributed by atoms with Crippen LogP contribution in [0.5, 0.6) is 5.75 Å². The molecule has 3 rings (SSSR count). The summed E-state index contributed by atoms with van der Waals surface area (Å²) in [4.78, 5) is 11.4. The number of benzene rings is 2. The van der Waals surface area contributed by atoms with E-state index in [-0.39, 0.29) is 5.63 Å². The zero-order valence-corrected chi connectivity index (χ0v) is 12.8. The quantitative estimate of drug-likeness (QED) is 0.682. The molecule has 0 amide bonds. The summed E-state index contributed by atoms with van der Waals surface area (Å²) >= 11 is 0. The first-order valence-corrected chi connectivity index (χ1v) is 7.35. The Bertz CT molecular complexity index is 862. The van der Waals surface area contributed by atoms with Crippen LogP contribution in [0.1, 0.15) is 16.7 Å². The van der Waals surface area contributed by atoms with Crippen LogP contribution in [0.3, 0.4) is 0 Å². The third-order valence-corrected chi connectivity index (χ3v) is 3.82. The number of rotatable bonds is 4. The minimum atomic E-state index is -0.331. The van der Waals surface area contributed by atoms with E-state index in [4.69, 9.17) is 9.15 Å². The van der Waals surface area contributed by atoms with E-state index in [1.54, 1.807) is 6.07 Å². The van der Waals surface area contributed by atoms with Crippen molar-refractivity contribution in [3.8, 4) is 5.75 Å². The van der Waals surface area contributed by atoms with Gasteiger partial charge in [-0.2, -0.15) is 0 Å². The highest BCUT2D eigenvalue weighted by molar-refractivity contribution is 5.81. The van der Waals surface area contributed by atoms with Crippen molar-refractivity contribution in [2.75, 3.05) is 6.61 Å². The van der Waals surface area contributed by atoms with Gasteiger partial charge in [0.05, 0.1) is 6.61 Å². The number of ether oxygens (including phenoxy) is 1. The van der Waals surface area contributed by atoms with E-state index in [9.17, 15) is 4.79 Å². The summed E-state index contributed by atoms with van der Waals surface area (Å²) in [5.41, 5.74) is 3.70. The summed E-state index contributed by atoms with van der Waals surface area (Å²) < 4.78 is 11.0. The van der Waals surface area contributed by atoms with E-state index in [1.807, 2.05) is 31.2 Å². The van der Waals surface area contributed by atoms with Gasteiger partial charge in [-0.05, 0) is 42.7 Å². The van der Waals surface area contributed by atoms with Crippen LogP contribution in [-0.4, -0.2) is 6.61 Å². The molecular formula is C19H18O3. The molecule has 0 spiro atoms. The van der Waals surface area contributed by atoms with Gasteiger partial charge in [-0.15, -0.1) is 0 Å². The summed E-state index contributed by atoms with van der Waals surface area (Å²) in [6.07, 6.45) is 0.850. The van der Waals surface area contributed by atoms with Gasteiger partial charge in [0, 0.05) is 23.9 Å². The first kappa shape index (κ1) is 14.4. The van der Waals surface area contributed by atoms with Crippen molar-refractivity contribution < 1.29 is 9.15 Å². The summed E-state index contributed by atoms with van der Waals surface area (Å²) in [5.74, 6) is 0.717. The number of aryl methyl sites for hydroxylation is 2. The maximum Gasteiger partial charge on any atom is 0.336 e. The first-order chi connectivity index (χ1) is 10.6. The van der Waals surface area contributed by atoms with Crippen molar-refractivity contribution in [2.24, 2.45) is 0 Å². The Kier molecular flexibility index (Phi) is 3.96. The normalized spacial score (nSPS) is 10.8. The van der Waals surface area contributed by atoms with Gasteiger partial charge in [-0.3, -0.25) is 0 Å². The van der Waals surface area contributed by atoms with Crippen molar-refractivity contribution in [1.82, 2.24) is 0 Å². The fourth-order valence-electron chi connectivity index (χ4n) is 2.56. The van der Waals surface area contributed by atoms with E-state index in [0.29, 0.717) is 12.2 Å². The van der Waals surface area contributed by atoms with Gasteiger partial charge in [0.1, 0.15) is 11.3 Å². The second kappa shape index (κ2) is 6.06. The van der Waals surface area contributed by atoms with E-state index in [0.717, 1.165) is 23.1 Å². The molecule has 0 saturated carbocycles. The molecule has 1 aromatic heterocycles. The molecule has 0 bridgehead atoms. The van der Waals surface area contributed by atoms with Crippen LogP contribution in [0.25, 0.3) is 11.0 Å². The Morgan fingerprint density at radius 3 is 2.64 bits per heavy atom. The molecule has 0 aliphatic heterocycles. The van der Waals surface area contributed by atoms with Crippen molar-refractivity contribution in [3.05, 3.63) is 75.6 Å². The van der Waals surface area contributed by atoms with Crippen molar-refractivity contribution in [3.63, 3.8) is 0 Å². The monoisotopic (exact) mass is 294 g/mol. The predicted molar refractivity (Wildman–Crippen MR) is 87.6 cm³/mol. The zero-order chi connectivity index (χ0) is 15.5. The number of hydrogen-bond donors (Lipinski definition) is 0. The lowest BCUT2D eigenvalue weighted by atomic mass is 10.1. The molecule has 3 heteroatoms. The average molecular weight is 294 g/mol. The van der Waals surface area contributed by atoms with E-state index in [2.05, 4.69) is 19.1 Å². The van der Waals surface area contributed by atoms with Crippen LogP contribution in [0.2, 0.25) is 0 Å². The minimum Gasteiger partial charge on any atom is -0.493 e. The maximum atomic E-state index is 11.4. The van der Waals surface area contributed by atoms with Crippen LogP contribution in [0, 0.1) is 13.8 Å². The Morgan fingerprint density at radius 1 is 1.00 bits per heavy atom. The first-order valence-electron chi connectivity index (χ1n) is 7.35. The second-order valence-electron chi connectivity index (χ2n) is 5.43. The maximum absolute atomic E-state index is 11.4. The van der Waals surface area contributed by atoms with Gasteiger partial charge >= 0.3 is 5.63 Å². The topological polar surface area (TPSA) is 39.4 Å². The molecule has 3 nitrogen and oxygen atoms in total. The van der Waals surface area contributed by atoms with Crippen molar-refractivity contribution in [2.45, 2.75) is 20.3 Å². The van der Waals surface area contributed by atoms with Gasteiger partial charge in [-0.1, -0.05) is 24.3 Å². The Morgan fingerprint density at radius 2 is 1.82 bits per heavy atom. The molecule has 2 aromatic carbocycles. The van der Waals surface area contributed by atoms with Gasteiger partial charge in [0.15, 0.2) is 0 Å². The third kappa shape index (κ3) is 3.03. The standard InChI is InChI=1S/C19H18O3/c1-13-5-3-4-6-15(13)9-10-21-16-7-8-17-14(2)11-19(20)22-18(17)12-16/h3-8,11-12H,9-10H2,1-2H3. The van der Waals surface area contributed by atoms with Crippen LogP contribution >= 0.6 is 0 Å². The summed E-state index contributed by atoms with van der Waals surface area (Å²) in [6.45, 7) is 4.59. The molecule has 0 saturated heterocycles. The van der Waals surface area contributed by atoms with Crippen molar-refractivity contribution in [1.29, 1.82) is 0 Å². The lowest BCUT2D eigenvalue weighted by molar-refractivity contribution is 0.321. The highest BCUT2D eigenvalue weighted by Gasteiger charge is 2.04. The van der Waals surface area contributed by atoms with E-state index in [1.165, 1.54) is 17.2 Å². The average Bonchev–Trinajstić information content (AvgIpc) is 2.48. The predicted octanol–water partition coefficient (Wildman–Crippen LogP) is 4.03. The van der Waals surface area contributed by atoms with Crippen molar-refractivity contribution >= 4 is 11.0 Å². The molecule has 112 valence electrons. The smallest absolute Gasteiger partial charge is 0.336 e. The lowest BCUT2D eigenvalue weighted by Crippen LogP contribution is -2.03. The Balaban J connectivity index is 1.75. The zero-order valence-electron chi connectivity index (χ0n) is 12.8. The molecule has 0 N–H and O–H groups in total. The Hall–Kier alpha value is -2.55. The van der Waals surface area contributed by atoms with Crippen LogP contribution < -0.4 is 10.4 Å². The van der Waals surface area contributed by atoms with E-state index < -0.39 is 0 Å². The highest BCUT2D eigenvalue weighted by Crippen LogP contribution is 2.22. The molecule has 1 heterocycles. The largest absolute Gasteiger partial charge is 0.493 e. The van der Waals surface area contributed by atoms with Crippen LogP contribution in [0.15, 0.2) is 57.7 Å². The number of fused-ring (bicyclic) bond motifs is 1. The van der Waals surface area contributed by atoms with Gasteiger partial charge in [0.2, 0.25) is 0 Å². The molecule has 0 aliphatic rings. The molecule has 0 radical (unpaired) electrons. The van der Waals surface area contributed by atoms with Crippen LogP contribution in [-0.2, 0) is 6.42 Å². The Labute approximate surface area is 129 Å². The van der Waals surface area contributed by atoms with Gasteiger partial charge in [-0.25, -0.2) is 4.79 Å². The van der Waals surface area contributed by atoms with Gasteiger partial charge in [0.25, 0.3) is 0 Å². The fourth-order valence-corrected chi connectivity index (χ4v) is 2.56. The lowest BCUT2D eigenvalue weighted by Gasteiger charge is -2.09.